The predicted molar refractivity (Wildman–Crippen MR) is 73.4 cm³/mol. The molecule has 20 heavy (non-hydrogen) atoms. The zero-order chi connectivity index (χ0) is 14.5. The van der Waals surface area contributed by atoms with E-state index in [0.29, 0.717) is 12.1 Å². The van der Waals surface area contributed by atoms with Crippen LogP contribution in [0.5, 0.6) is 0 Å². The van der Waals surface area contributed by atoms with Gasteiger partial charge in [0.1, 0.15) is 5.69 Å². The summed E-state index contributed by atoms with van der Waals surface area (Å²) in [6.07, 6.45) is 3.14. The SMILES string of the molecule is Nc1cc(C(=O)NCC2CCCCO2)ccc1[N+](=O)[O-]. The third-order valence-corrected chi connectivity index (χ3v) is 3.25. The number of carbonyl (C=O) groups is 1. The fourth-order valence-corrected chi connectivity index (χ4v) is 2.14. The molecule has 1 aliphatic heterocycles. The van der Waals surface area contributed by atoms with Crippen LogP contribution in [0.4, 0.5) is 11.4 Å². The molecule has 1 fully saturated rings. The Morgan fingerprint density at radius 1 is 1.50 bits per heavy atom. The highest BCUT2D eigenvalue weighted by molar-refractivity contribution is 5.95. The van der Waals surface area contributed by atoms with Crippen molar-refractivity contribution in [2.45, 2.75) is 25.4 Å². The number of rotatable bonds is 4. The summed E-state index contributed by atoms with van der Waals surface area (Å²) in [5.74, 6) is -0.305. The van der Waals surface area contributed by atoms with Gasteiger partial charge in [-0.2, -0.15) is 0 Å². The van der Waals surface area contributed by atoms with E-state index in [1.807, 2.05) is 0 Å². The molecule has 3 N–H and O–H groups in total. The normalized spacial score (nSPS) is 18.5. The summed E-state index contributed by atoms with van der Waals surface area (Å²) >= 11 is 0. The largest absolute Gasteiger partial charge is 0.393 e. The molecule has 1 saturated heterocycles. The highest BCUT2D eigenvalue weighted by Gasteiger charge is 2.17. The van der Waals surface area contributed by atoms with Gasteiger partial charge in [-0.25, -0.2) is 0 Å². The molecule has 7 nitrogen and oxygen atoms in total. The summed E-state index contributed by atoms with van der Waals surface area (Å²) in [5, 5.41) is 13.4. The van der Waals surface area contributed by atoms with Crippen LogP contribution in [0, 0.1) is 10.1 Å². The number of nitrogen functional groups attached to an aromatic ring is 1. The number of ether oxygens (including phenoxy) is 1. The summed E-state index contributed by atoms with van der Waals surface area (Å²) in [7, 11) is 0. The number of nitro benzene ring substituents is 1. The highest BCUT2D eigenvalue weighted by Crippen LogP contribution is 2.22. The van der Waals surface area contributed by atoms with Gasteiger partial charge in [0.05, 0.1) is 11.0 Å². The molecule has 1 heterocycles. The van der Waals surface area contributed by atoms with Crippen molar-refractivity contribution in [2.75, 3.05) is 18.9 Å². The lowest BCUT2D eigenvalue weighted by atomic mass is 10.1. The quantitative estimate of drug-likeness (QED) is 0.493. The van der Waals surface area contributed by atoms with Crippen molar-refractivity contribution in [1.82, 2.24) is 5.32 Å². The number of nitrogens with two attached hydrogens (primary N) is 1. The van der Waals surface area contributed by atoms with Gasteiger partial charge in [0.2, 0.25) is 0 Å². The van der Waals surface area contributed by atoms with Crippen LogP contribution in [0.3, 0.4) is 0 Å². The average molecular weight is 279 g/mol. The Labute approximate surface area is 116 Å². The zero-order valence-corrected chi connectivity index (χ0v) is 11.0. The maximum Gasteiger partial charge on any atom is 0.292 e. The van der Waals surface area contributed by atoms with Gasteiger partial charge in [0.25, 0.3) is 11.6 Å². The average Bonchev–Trinajstić information content (AvgIpc) is 2.45. The van der Waals surface area contributed by atoms with E-state index in [1.165, 1.54) is 18.2 Å². The van der Waals surface area contributed by atoms with Gasteiger partial charge in [-0.15, -0.1) is 0 Å². The van der Waals surface area contributed by atoms with E-state index < -0.39 is 4.92 Å². The van der Waals surface area contributed by atoms with Gasteiger partial charge in [-0.1, -0.05) is 0 Å². The summed E-state index contributed by atoms with van der Waals surface area (Å²) in [4.78, 5) is 22.0. The predicted octanol–water partition coefficient (Wildman–Crippen LogP) is 1.48. The van der Waals surface area contributed by atoms with Crippen molar-refractivity contribution in [3.63, 3.8) is 0 Å². The van der Waals surface area contributed by atoms with E-state index in [0.717, 1.165) is 25.9 Å². The molecule has 0 saturated carbocycles. The smallest absolute Gasteiger partial charge is 0.292 e. The molecule has 0 aliphatic carbocycles. The molecule has 0 bridgehead atoms. The Balaban J connectivity index is 1.95. The third kappa shape index (κ3) is 3.45. The first kappa shape index (κ1) is 14.3. The van der Waals surface area contributed by atoms with Crippen LogP contribution in [-0.2, 0) is 4.74 Å². The topological polar surface area (TPSA) is 107 Å². The van der Waals surface area contributed by atoms with Crippen molar-refractivity contribution < 1.29 is 14.5 Å². The summed E-state index contributed by atoms with van der Waals surface area (Å²) in [5.41, 5.74) is 5.65. The number of hydrogen-bond donors (Lipinski definition) is 2. The summed E-state index contributed by atoms with van der Waals surface area (Å²) in [6.45, 7) is 1.17. The molecule has 108 valence electrons. The van der Waals surface area contributed by atoms with E-state index in [4.69, 9.17) is 10.5 Å². The highest BCUT2D eigenvalue weighted by atomic mass is 16.6. The molecular formula is C13H17N3O4. The molecule has 0 aromatic heterocycles. The maximum absolute atomic E-state index is 11.9. The summed E-state index contributed by atoms with van der Waals surface area (Å²) < 4.78 is 5.51. The van der Waals surface area contributed by atoms with Gasteiger partial charge in [0.15, 0.2) is 0 Å². The molecule has 7 heteroatoms. The minimum absolute atomic E-state index is 0.0171. The van der Waals surface area contributed by atoms with Crippen molar-refractivity contribution in [1.29, 1.82) is 0 Å². The fraction of sp³-hybridized carbons (Fsp3) is 0.462. The number of nitrogens with zero attached hydrogens (tertiary/aromatic N) is 1. The first-order valence-electron chi connectivity index (χ1n) is 6.51. The number of nitro groups is 1. The number of nitrogens with one attached hydrogen (secondary N) is 1. The van der Waals surface area contributed by atoms with E-state index >= 15 is 0 Å². The van der Waals surface area contributed by atoms with E-state index in [-0.39, 0.29) is 23.4 Å². The lowest BCUT2D eigenvalue weighted by molar-refractivity contribution is -0.383. The van der Waals surface area contributed by atoms with Crippen LogP contribution in [0.25, 0.3) is 0 Å². The summed E-state index contributed by atoms with van der Waals surface area (Å²) in [6, 6.07) is 3.95. The molecule has 0 radical (unpaired) electrons. The monoisotopic (exact) mass is 279 g/mol. The van der Waals surface area contributed by atoms with E-state index in [9.17, 15) is 14.9 Å². The lowest BCUT2D eigenvalue weighted by Crippen LogP contribution is -2.35. The Morgan fingerprint density at radius 3 is 2.90 bits per heavy atom. The second kappa shape index (κ2) is 6.33. The van der Waals surface area contributed by atoms with Crippen molar-refractivity contribution in [3.05, 3.63) is 33.9 Å². The Morgan fingerprint density at radius 2 is 2.30 bits per heavy atom. The van der Waals surface area contributed by atoms with Gasteiger partial charge in [-0.3, -0.25) is 14.9 Å². The van der Waals surface area contributed by atoms with Crippen LogP contribution >= 0.6 is 0 Å². The minimum atomic E-state index is -0.577. The molecule has 0 spiro atoms. The van der Waals surface area contributed by atoms with Gasteiger partial charge in [0, 0.05) is 24.8 Å². The molecule has 1 aromatic carbocycles. The Hall–Kier alpha value is -2.15. The molecule has 2 rings (SSSR count). The lowest BCUT2D eigenvalue weighted by Gasteiger charge is -2.22. The van der Waals surface area contributed by atoms with E-state index in [1.54, 1.807) is 0 Å². The molecule has 1 aliphatic rings. The second-order valence-electron chi connectivity index (χ2n) is 4.73. The van der Waals surface area contributed by atoms with Crippen molar-refractivity contribution >= 4 is 17.3 Å². The van der Waals surface area contributed by atoms with Crippen LogP contribution in [0.2, 0.25) is 0 Å². The number of amides is 1. The van der Waals surface area contributed by atoms with Crippen LogP contribution in [-0.4, -0.2) is 30.1 Å². The van der Waals surface area contributed by atoms with Crippen LogP contribution in [0.1, 0.15) is 29.6 Å². The molecule has 1 aromatic rings. The van der Waals surface area contributed by atoms with Crippen molar-refractivity contribution in [3.8, 4) is 0 Å². The molecule has 1 atom stereocenters. The number of benzene rings is 1. The Kier molecular flexibility index (Phi) is 4.52. The van der Waals surface area contributed by atoms with Gasteiger partial charge >= 0.3 is 0 Å². The van der Waals surface area contributed by atoms with Gasteiger partial charge in [-0.05, 0) is 31.4 Å². The van der Waals surface area contributed by atoms with Crippen LogP contribution < -0.4 is 11.1 Å². The van der Waals surface area contributed by atoms with Gasteiger partial charge < -0.3 is 15.8 Å². The number of hydrogen-bond acceptors (Lipinski definition) is 5. The first-order chi connectivity index (χ1) is 9.58. The zero-order valence-electron chi connectivity index (χ0n) is 11.0. The number of carbonyl (C=O) groups excluding carboxylic acids is 1. The molecule has 1 unspecified atom stereocenters. The Bertz CT molecular complexity index is 512. The number of anilines is 1. The fourth-order valence-electron chi connectivity index (χ4n) is 2.14. The second-order valence-corrected chi connectivity index (χ2v) is 4.73. The third-order valence-electron chi connectivity index (χ3n) is 3.25. The standard InChI is InChI=1S/C13H17N3O4/c14-11-7-9(4-5-12(11)16(18)19)13(17)15-8-10-3-1-2-6-20-10/h4-5,7,10H,1-3,6,8,14H2,(H,15,17). The minimum Gasteiger partial charge on any atom is -0.393 e. The van der Waals surface area contributed by atoms with E-state index in [2.05, 4.69) is 5.32 Å². The first-order valence-corrected chi connectivity index (χ1v) is 6.51. The van der Waals surface area contributed by atoms with Crippen LogP contribution in [0.15, 0.2) is 18.2 Å². The maximum atomic E-state index is 11.9. The molecule has 1 amide bonds. The van der Waals surface area contributed by atoms with Crippen molar-refractivity contribution in [2.24, 2.45) is 0 Å². The molecular weight excluding hydrogens is 262 g/mol.